The number of hydrogen-bond acceptors (Lipinski definition) is 4. The fraction of sp³-hybridized carbons (Fsp3) is 0.115. The summed E-state index contributed by atoms with van der Waals surface area (Å²) in [5.74, 6) is -0.504. The minimum atomic E-state index is -0.530. The molecule has 6 nitrogen and oxygen atoms in total. The minimum Gasteiger partial charge on any atom is -0.496 e. The van der Waals surface area contributed by atoms with Crippen LogP contribution in [0.2, 0.25) is 0 Å². The zero-order valence-electron chi connectivity index (χ0n) is 18.1. The first-order valence-electron chi connectivity index (χ1n) is 10.0. The third kappa shape index (κ3) is 5.70. The zero-order valence-corrected chi connectivity index (χ0v) is 18.1. The standard InChI is InChI=1S/C26H24N2O4/c1-17-11-13-19(14-12-17)25(30)28-23(16-21-7-4-5-10-24(21)32-3)26(31)27-22-9-6-8-20(15-22)18(2)29/h4-16H,1-3H3,(H,27,31)(H,28,30)/b23-16+. The number of methoxy groups -OCH3 is 1. The summed E-state index contributed by atoms with van der Waals surface area (Å²) in [6.45, 7) is 3.38. The molecule has 0 aliphatic rings. The van der Waals surface area contributed by atoms with Gasteiger partial charge in [-0.15, -0.1) is 0 Å². The zero-order chi connectivity index (χ0) is 23.1. The summed E-state index contributed by atoms with van der Waals surface area (Å²) in [6, 6.07) is 20.8. The molecule has 0 aromatic heterocycles. The Hall–Kier alpha value is -4.19. The van der Waals surface area contributed by atoms with Crippen LogP contribution in [0.3, 0.4) is 0 Å². The molecule has 3 aromatic rings. The smallest absolute Gasteiger partial charge is 0.272 e. The van der Waals surface area contributed by atoms with Crippen molar-refractivity contribution in [3.63, 3.8) is 0 Å². The van der Waals surface area contributed by atoms with Gasteiger partial charge in [0.1, 0.15) is 11.4 Å². The molecule has 162 valence electrons. The molecular formula is C26H24N2O4. The number of carbonyl (C=O) groups is 3. The van der Waals surface area contributed by atoms with Gasteiger partial charge >= 0.3 is 0 Å². The van der Waals surface area contributed by atoms with E-state index in [-0.39, 0.29) is 11.5 Å². The molecule has 0 atom stereocenters. The van der Waals surface area contributed by atoms with Crippen molar-refractivity contribution in [3.8, 4) is 5.75 Å². The van der Waals surface area contributed by atoms with E-state index in [9.17, 15) is 14.4 Å². The van der Waals surface area contributed by atoms with Crippen LogP contribution in [0.25, 0.3) is 6.08 Å². The number of amides is 2. The molecule has 2 N–H and O–H groups in total. The molecule has 0 saturated carbocycles. The first-order chi connectivity index (χ1) is 15.4. The van der Waals surface area contributed by atoms with Gasteiger partial charge in [0, 0.05) is 22.4 Å². The molecule has 0 heterocycles. The molecule has 0 fully saturated rings. The number of anilines is 1. The maximum absolute atomic E-state index is 13.1. The van der Waals surface area contributed by atoms with Crippen LogP contribution in [0.1, 0.15) is 38.8 Å². The predicted octanol–water partition coefficient (Wildman–Crippen LogP) is 4.62. The van der Waals surface area contributed by atoms with Crippen LogP contribution >= 0.6 is 0 Å². The number of hydrogen-bond donors (Lipinski definition) is 2. The molecule has 3 aromatic carbocycles. The highest BCUT2D eigenvalue weighted by molar-refractivity contribution is 6.11. The Kier molecular flexibility index (Phi) is 7.18. The maximum Gasteiger partial charge on any atom is 0.272 e. The van der Waals surface area contributed by atoms with E-state index in [1.54, 1.807) is 54.6 Å². The second-order valence-corrected chi connectivity index (χ2v) is 7.21. The quantitative estimate of drug-likeness (QED) is 0.425. The van der Waals surface area contributed by atoms with E-state index in [2.05, 4.69) is 10.6 Å². The van der Waals surface area contributed by atoms with Crippen LogP contribution in [-0.4, -0.2) is 24.7 Å². The van der Waals surface area contributed by atoms with Crippen molar-refractivity contribution in [2.24, 2.45) is 0 Å². The third-order valence-corrected chi connectivity index (χ3v) is 4.77. The van der Waals surface area contributed by atoms with Crippen LogP contribution in [0, 0.1) is 6.92 Å². The van der Waals surface area contributed by atoms with Gasteiger partial charge in [-0.1, -0.05) is 48.0 Å². The van der Waals surface area contributed by atoms with Crippen LogP contribution in [0.15, 0.2) is 78.5 Å². The number of aryl methyl sites for hydroxylation is 1. The molecule has 2 amide bonds. The van der Waals surface area contributed by atoms with Gasteiger partial charge in [0.05, 0.1) is 7.11 Å². The van der Waals surface area contributed by atoms with Gasteiger partial charge in [0.25, 0.3) is 11.8 Å². The second-order valence-electron chi connectivity index (χ2n) is 7.21. The molecule has 3 rings (SSSR count). The minimum absolute atomic E-state index is 0.0355. The molecule has 0 aliphatic heterocycles. The predicted molar refractivity (Wildman–Crippen MR) is 125 cm³/mol. The Balaban J connectivity index is 1.94. The van der Waals surface area contributed by atoms with E-state index in [1.165, 1.54) is 14.0 Å². The highest BCUT2D eigenvalue weighted by Gasteiger charge is 2.16. The lowest BCUT2D eigenvalue weighted by atomic mass is 10.1. The average molecular weight is 428 g/mol. The summed E-state index contributed by atoms with van der Waals surface area (Å²) < 4.78 is 5.36. The van der Waals surface area contributed by atoms with Crippen LogP contribution in [0.4, 0.5) is 5.69 Å². The summed E-state index contributed by atoms with van der Waals surface area (Å²) in [7, 11) is 1.53. The van der Waals surface area contributed by atoms with Crippen molar-refractivity contribution in [2.75, 3.05) is 12.4 Å². The van der Waals surface area contributed by atoms with Gasteiger partial charge in [-0.3, -0.25) is 14.4 Å². The summed E-state index contributed by atoms with van der Waals surface area (Å²) in [5, 5.41) is 5.44. The van der Waals surface area contributed by atoms with Crippen molar-refractivity contribution in [1.82, 2.24) is 5.32 Å². The second kappa shape index (κ2) is 10.2. The Labute approximate surface area is 186 Å². The van der Waals surface area contributed by atoms with Crippen molar-refractivity contribution < 1.29 is 19.1 Å². The molecule has 0 aliphatic carbocycles. The highest BCUT2D eigenvalue weighted by Crippen LogP contribution is 2.21. The molecule has 0 unspecified atom stereocenters. The number of benzene rings is 3. The van der Waals surface area contributed by atoms with Crippen LogP contribution in [-0.2, 0) is 4.79 Å². The first kappa shape index (κ1) is 22.5. The molecular weight excluding hydrogens is 404 g/mol. The normalized spacial score (nSPS) is 10.9. The van der Waals surface area contributed by atoms with Crippen LogP contribution < -0.4 is 15.4 Å². The van der Waals surface area contributed by atoms with Gasteiger partial charge in [0.2, 0.25) is 0 Å². The van der Waals surface area contributed by atoms with E-state index in [0.29, 0.717) is 28.1 Å². The topological polar surface area (TPSA) is 84.5 Å². The lowest BCUT2D eigenvalue weighted by Crippen LogP contribution is -2.30. The van der Waals surface area contributed by atoms with E-state index < -0.39 is 11.8 Å². The van der Waals surface area contributed by atoms with E-state index in [0.717, 1.165) is 5.56 Å². The Morgan fingerprint density at radius 3 is 2.28 bits per heavy atom. The van der Waals surface area contributed by atoms with Crippen molar-refractivity contribution in [1.29, 1.82) is 0 Å². The Morgan fingerprint density at radius 2 is 1.59 bits per heavy atom. The van der Waals surface area contributed by atoms with Crippen molar-refractivity contribution in [3.05, 3.63) is 101 Å². The van der Waals surface area contributed by atoms with Gasteiger partial charge in [-0.25, -0.2) is 0 Å². The van der Waals surface area contributed by atoms with Crippen LogP contribution in [0.5, 0.6) is 5.75 Å². The first-order valence-corrected chi connectivity index (χ1v) is 10.0. The summed E-state index contributed by atoms with van der Waals surface area (Å²) in [6.07, 6.45) is 1.55. The summed E-state index contributed by atoms with van der Waals surface area (Å²) in [5.41, 5.74) is 3.03. The fourth-order valence-electron chi connectivity index (χ4n) is 3.01. The number of Topliss-reactive ketones (excluding diaryl/α,β-unsaturated/α-hetero) is 1. The largest absolute Gasteiger partial charge is 0.496 e. The molecule has 0 bridgehead atoms. The number of ketones is 1. The number of ether oxygens (including phenoxy) is 1. The van der Waals surface area contributed by atoms with Gasteiger partial charge in [-0.2, -0.15) is 0 Å². The van der Waals surface area contributed by atoms with Gasteiger partial charge in [-0.05, 0) is 50.3 Å². The lowest BCUT2D eigenvalue weighted by Gasteiger charge is -2.13. The number of rotatable bonds is 7. The lowest BCUT2D eigenvalue weighted by molar-refractivity contribution is -0.113. The SMILES string of the molecule is COc1ccccc1/C=C(/NC(=O)c1ccc(C)cc1)C(=O)Nc1cccc(C(C)=O)c1. The Bertz CT molecular complexity index is 1180. The summed E-state index contributed by atoms with van der Waals surface area (Å²) in [4.78, 5) is 37.6. The van der Waals surface area contributed by atoms with E-state index in [4.69, 9.17) is 4.74 Å². The Morgan fingerprint density at radius 1 is 0.875 bits per heavy atom. The van der Waals surface area contributed by atoms with Crippen molar-refractivity contribution in [2.45, 2.75) is 13.8 Å². The number of nitrogens with one attached hydrogen (secondary N) is 2. The van der Waals surface area contributed by atoms with Gasteiger partial charge in [0.15, 0.2) is 5.78 Å². The molecule has 0 spiro atoms. The monoisotopic (exact) mass is 428 g/mol. The maximum atomic E-state index is 13.1. The number of para-hydroxylation sites is 1. The molecule has 0 radical (unpaired) electrons. The van der Waals surface area contributed by atoms with E-state index >= 15 is 0 Å². The average Bonchev–Trinajstić information content (AvgIpc) is 2.79. The third-order valence-electron chi connectivity index (χ3n) is 4.77. The molecule has 0 saturated heterocycles. The number of carbonyl (C=O) groups excluding carboxylic acids is 3. The van der Waals surface area contributed by atoms with E-state index in [1.807, 2.05) is 31.2 Å². The van der Waals surface area contributed by atoms with Gasteiger partial charge < -0.3 is 15.4 Å². The fourth-order valence-corrected chi connectivity index (χ4v) is 3.01. The highest BCUT2D eigenvalue weighted by atomic mass is 16.5. The summed E-state index contributed by atoms with van der Waals surface area (Å²) >= 11 is 0. The van der Waals surface area contributed by atoms with Crippen molar-refractivity contribution >= 4 is 29.4 Å². The molecule has 6 heteroatoms. The molecule has 32 heavy (non-hydrogen) atoms.